The van der Waals surface area contributed by atoms with Crippen LogP contribution >= 0.6 is 0 Å². The predicted octanol–water partition coefficient (Wildman–Crippen LogP) is 0.956. The van der Waals surface area contributed by atoms with E-state index >= 15 is 0 Å². The number of aromatic hydroxyl groups is 1. The predicted molar refractivity (Wildman–Crippen MR) is 68.5 cm³/mol. The van der Waals surface area contributed by atoms with E-state index < -0.39 is 0 Å². The molecule has 0 saturated carbocycles. The Morgan fingerprint density at radius 3 is 2.89 bits per heavy atom. The van der Waals surface area contributed by atoms with Crippen LogP contribution in [0.5, 0.6) is 5.75 Å². The van der Waals surface area contributed by atoms with E-state index in [0.717, 1.165) is 5.56 Å². The lowest BCUT2D eigenvalue weighted by molar-refractivity contribution is -0.145. The van der Waals surface area contributed by atoms with Crippen molar-refractivity contribution in [3.63, 3.8) is 0 Å². The number of ether oxygens (including phenoxy) is 1. The van der Waals surface area contributed by atoms with E-state index in [2.05, 4.69) is 4.74 Å². The molecule has 1 aliphatic rings. The fourth-order valence-corrected chi connectivity index (χ4v) is 2.29. The van der Waals surface area contributed by atoms with Crippen molar-refractivity contribution in [1.29, 1.82) is 0 Å². The number of benzene rings is 1. The zero-order valence-corrected chi connectivity index (χ0v) is 10.8. The van der Waals surface area contributed by atoms with E-state index in [1.165, 1.54) is 7.11 Å². The maximum absolute atomic E-state index is 11.8. The van der Waals surface area contributed by atoms with Crippen molar-refractivity contribution in [2.24, 2.45) is 5.92 Å². The van der Waals surface area contributed by atoms with E-state index in [4.69, 9.17) is 0 Å². The minimum atomic E-state index is -0.359. The van der Waals surface area contributed by atoms with Crippen LogP contribution in [-0.2, 0) is 20.7 Å². The average molecular weight is 263 g/mol. The van der Waals surface area contributed by atoms with Crippen molar-refractivity contribution in [1.82, 2.24) is 4.90 Å². The molecule has 0 bridgehead atoms. The summed E-state index contributed by atoms with van der Waals surface area (Å²) in [6.07, 6.45) is 0.791. The van der Waals surface area contributed by atoms with Gasteiger partial charge >= 0.3 is 5.97 Å². The van der Waals surface area contributed by atoms with Crippen molar-refractivity contribution < 1.29 is 19.4 Å². The van der Waals surface area contributed by atoms with Gasteiger partial charge in [0.2, 0.25) is 5.91 Å². The van der Waals surface area contributed by atoms with Crippen LogP contribution in [0.2, 0.25) is 0 Å². The molecule has 1 atom stereocenters. The second kappa shape index (κ2) is 5.73. The highest BCUT2D eigenvalue weighted by Crippen LogP contribution is 2.21. The standard InChI is InChI=1S/C14H17NO4/c1-19-14(18)11-8-13(17)15(9-11)7-6-10-4-2-3-5-12(10)16/h2-5,11,16H,6-9H2,1H3. The zero-order valence-electron chi connectivity index (χ0n) is 10.8. The Labute approximate surface area is 111 Å². The van der Waals surface area contributed by atoms with Crippen LogP contribution in [0.3, 0.4) is 0 Å². The number of amides is 1. The van der Waals surface area contributed by atoms with E-state index in [-0.39, 0.29) is 30.0 Å². The van der Waals surface area contributed by atoms with Gasteiger partial charge in [-0.25, -0.2) is 0 Å². The molecule has 1 N–H and O–H groups in total. The molecule has 5 nitrogen and oxygen atoms in total. The van der Waals surface area contributed by atoms with E-state index in [0.29, 0.717) is 19.5 Å². The SMILES string of the molecule is COC(=O)C1CC(=O)N(CCc2ccccc2O)C1. The third-order valence-electron chi connectivity index (χ3n) is 3.39. The summed E-state index contributed by atoms with van der Waals surface area (Å²) >= 11 is 0. The first-order valence-electron chi connectivity index (χ1n) is 6.24. The van der Waals surface area contributed by atoms with Gasteiger partial charge in [-0.05, 0) is 18.1 Å². The summed E-state index contributed by atoms with van der Waals surface area (Å²) in [5, 5.41) is 9.65. The number of esters is 1. The fourth-order valence-electron chi connectivity index (χ4n) is 2.29. The van der Waals surface area contributed by atoms with Crippen molar-refractivity contribution in [2.75, 3.05) is 20.2 Å². The summed E-state index contributed by atoms with van der Waals surface area (Å²) < 4.78 is 4.65. The van der Waals surface area contributed by atoms with Gasteiger partial charge in [0.1, 0.15) is 5.75 Å². The molecular weight excluding hydrogens is 246 g/mol. The highest BCUT2D eigenvalue weighted by molar-refractivity contribution is 5.86. The number of hydrogen-bond acceptors (Lipinski definition) is 4. The number of carbonyl (C=O) groups excluding carboxylic acids is 2. The molecule has 1 aliphatic heterocycles. The first-order valence-corrected chi connectivity index (χ1v) is 6.24. The van der Waals surface area contributed by atoms with Crippen molar-refractivity contribution >= 4 is 11.9 Å². The second-order valence-corrected chi connectivity index (χ2v) is 4.64. The number of hydrogen-bond donors (Lipinski definition) is 1. The summed E-state index contributed by atoms with van der Waals surface area (Å²) in [6.45, 7) is 0.906. The van der Waals surface area contributed by atoms with Gasteiger partial charge < -0.3 is 14.7 Å². The maximum atomic E-state index is 11.8. The van der Waals surface area contributed by atoms with Gasteiger partial charge in [0, 0.05) is 19.5 Å². The Morgan fingerprint density at radius 2 is 2.21 bits per heavy atom. The van der Waals surface area contributed by atoms with Gasteiger partial charge in [0.15, 0.2) is 0 Å². The lowest BCUT2D eigenvalue weighted by atomic mass is 10.1. The average Bonchev–Trinajstić information content (AvgIpc) is 2.78. The molecule has 102 valence electrons. The van der Waals surface area contributed by atoms with Crippen LogP contribution in [0, 0.1) is 5.92 Å². The molecule has 1 fully saturated rings. The van der Waals surface area contributed by atoms with Crippen molar-refractivity contribution in [2.45, 2.75) is 12.8 Å². The first kappa shape index (κ1) is 13.4. The van der Waals surface area contributed by atoms with Gasteiger partial charge in [0.05, 0.1) is 13.0 Å². The van der Waals surface area contributed by atoms with Gasteiger partial charge in [-0.2, -0.15) is 0 Å². The molecule has 0 spiro atoms. The summed E-state index contributed by atoms with van der Waals surface area (Å²) in [6, 6.07) is 7.05. The molecule has 19 heavy (non-hydrogen) atoms. The Hall–Kier alpha value is -2.04. The smallest absolute Gasteiger partial charge is 0.310 e. The molecular formula is C14H17NO4. The number of phenols is 1. The van der Waals surface area contributed by atoms with Crippen molar-refractivity contribution in [3.05, 3.63) is 29.8 Å². The highest BCUT2D eigenvalue weighted by atomic mass is 16.5. The van der Waals surface area contributed by atoms with E-state index in [1.54, 1.807) is 17.0 Å². The molecule has 0 radical (unpaired) electrons. The van der Waals surface area contributed by atoms with Gasteiger partial charge in [-0.15, -0.1) is 0 Å². The first-order chi connectivity index (χ1) is 9.11. The summed E-state index contributed by atoms with van der Waals surface area (Å²) in [7, 11) is 1.33. The topological polar surface area (TPSA) is 66.8 Å². The van der Waals surface area contributed by atoms with Crippen LogP contribution in [-0.4, -0.2) is 42.1 Å². The maximum Gasteiger partial charge on any atom is 0.310 e. The number of likely N-dealkylation sites (tertiary alicyclic amines) is 1. The van der Waals surface area contributed by atoms with Crippen LogP contribution in [0.15, 0.2) is 24.3 Å². The van der Waals surface area contributed by atoms with Gasteiger partial charge in [-0.1, -0.05) is 18.2 Å². The minimum absolute atomic E-state index is 0.0363. The third kappa shape index (κ3) is 3.05. The van der Waals surface area contributed by atoms with Crippen LogP contribution < -0.4 is 0 Å². The summed E-state index contributed by atoms with van der Waals surface area (Å²) in [5.74, 6) is -0.496. The minimum Gasteiger partial charge on any atom is -0.508 e. The van der Waals surface area contributed by atoms with Crippen LogP contribution in [0.4, 0.5) is 0 Å². The Balaban J connectivity index is 1.92. The molecule has 1 saturated heterocycles. The molecule has 0 aromatic heterocycles. The van der Waals surface area contributed by atoms with Gasteiger partial charge in [-0.3, -0.25) is 9.59 Å². The highest BCUT2D eigenvalue weighted by Gasteiger charge is 2.34. The van der Waals surface area contributed by atoms with Gasteiger partial charge in [0.25, 0.3) is 0 Å². The normalized spacial score (nSPS) is 18.7. The molecule has 1 aromatic rings. The summed E-state index contributed by atoms with van der Waals surface area (Å²) in [5.41, 5.74) is 0.803. The second-order valence-electron chi connectivity index (χ2n) is 4.64. The van der Waals surface area contributed by atoms with E-state index in [1.807, 2.05) is 12.1 Å². The Kier molecular flexibility index (Phi) is 4.04. The molecule has 1 unspecified atom stereocenters. The molecule has 1 aromatic carbocycles. The number of methoxy groups -OCH3 is 1. The molecule has 5 heteroatoms. The lowest BCUT2D eigenvalue weighted by Gasteiger charge is -2.16. The molecule has 2 rings (SSSR count). The number of nitrogens with zero attached hydrogens (tertiary/aromatic N) is 1. The largest absolute Gasteiger partial charge is 0.508 e. The Bertz CT molecular complexity index is 486. The Morgan fingerprint density at radius 1 is 1.47 bits per heavy atom. The number of para-hydroxylation sites is 1. The molecule has 1 heterocycles. The zero-order chi connectivity index (χ0) is 13.8. The number of carbonyl (C=O) groups is 2. The summed E-state index contributed by atoms with van der Waals surface area (Å²) in [4.78, 5) is 24.8. The fraction of sp³-hybridized carbons (Fsp3) is 0.429. The third-order valence-corrected chi connectivity index (χ3v) is 3.39. The number of rotatable bonds is 4. The van der Waals surface area contributed by atoms with Crippen LogP contribution in [0.1, 0.15) is 12.0 Å². The number of phenolic OH excluding ortho intramolecular Hbond substituents is 1. The monoisotopic (exact) mass is 263 g/mol. The molecule has 0 aliphatic carbocycles. The van der Waals surface area contributed by atoms with E-state index in [9.17, 15) is 14.7 Å². The van der Waals surface area contributed by atoms with Crippen molar-refractivity contribution in [3.8, 4) is 5.75 Å². The quantitative estimate of drug-likeness (QED) is 0.821. The van der Waals surface area contributed by atoms with Crippen LogP contribution in [0.25, 0.3) is 0 Å². The molecule has 1 amide bonds. The lowest BCUT2D eigenvalue weighted by Crippen LogP contribution is -2.28.